The van der Waals surface area contributed by atoms with Crippen LogP contribution in [0.25, 0.3) is 21.6 Å². The van der Waals surface area contributed by atoms with Gasteiger partial charge >= 0.3 is 5.91 Å². The van der Waals surface area contributed by atoms with E-state index in [9.17, 15) is 14.7 Å². The predicted molar refractivity (Wildman–Crippen MR) is 166 cm³/mol. The summed E-state index contributed by atoms with van der Waals surface area (Å²) in [5, 5.41) is 12.6. The van der Waals surface area contributed by atoms with Gasteiger partial charge in [-0.1, -0.05) is 60.9 Å². The number of ether oxygens (including phenoxy) is 1. The Bertz CT molecular complexity index is 1890. The fraction of sp³-hybridized carbons (Fsp3) is 0.250. The summed E-state index contributed by atoms with van der Waals surface area (Å²) in [5.74, 6) is -1.31. The number of nitrogens with zero attached hydrogens (tertiary/aromatic N) is 4. The third-order valence-electron chi connectivity index (χ3n) is 7.49. The van der Waals surface area contributed by atoms with Crippen LogP contribution in [0.3, 0.4) is 0 Å². The van der Waals surface area contributed by atoms with Crippen molar-refractivity contribution in [1.29, 1.82) is 0 Å². The maximum Gasteiger partial charge on any atom is 0.301 e. The van der Waals surface area contributed by atoms with Crippen LogP contribution in [-0.2, 0) is 9.59 Å². The maximum absolute atomic E-state index is 13.8. The van der Waals surface area contributed by atoms with Crippen molar-refractivity contribution in [2.24, 2.45) is 0 Å². The molecule has 0 spiro atoms. The SMILES string of the molecule is CCCCCOc1cccc(C2/C(=C(\O)c3nc4c(C)cccn4c3C)C(=O)C(=O)N2c2nc3ccc(Cl)cc3s2)c1. The van der Waals surface area contributed by atoms with Gasteiger partial charge in [-0.3, -0.25) is 14.5 Å². The number of hydrogen-bond donors (Lipinski definition) is 1. The molecule has 2 aromatic carbocycles. The van der Waals surface area contributed by atoms with Crippen LogP contribution in [0.1, 0.15) is 54.7 Å². The van der Waals surface area contributed by atoms with E-state index >= 15 is 0 Å². The highest BCUT2D eigenvalue weighted by molar-refractivity contribution is 7.22. The Labute approximate surface area is 251 Å². The lowest BCUT2D eigenvalue weighted by Crippen LogP contribution is -2.29. The first-order valence-electron chi connectivity index (χ1n) is 13.8. The molecule has 1 saturated heterocycles. The highest BCUT2D eigenvalue weighted by Gasteiger charge is 2.48. The number of thiazole rings is 1. The number of halogens is 1. The van der Waals surface area contributed by atoms with E-state index in [4.69, 9.17) is 16.3 Å². The van der Waals surface area contributed by atoms with E-state index in [1.165, 1.54) is 16.2 Å². The first kappa shape index (κ1) is 27.9. The number of amides is 1. The summed E-state index contributed by atoms with van der Waals surface area (Å²) in [6.45, 7) is 6.43. The quantitative estimate of drug-likeness (QED) is 0.0862. The molecule has 5 aromatic rings. The number of unbranched alkanes of at least 4 members (excludes halogenated alkanes) is 2. The molecule has 0 aliphatic carbocycles. The number of rotatable bonds is 8. The van der Waals surface area contributed by atoms with Gasteiger partial charge in [-0.2, -0.15) is 0 Å². The fourth-order valence-electron chi connectivity index (χ4n) is 5.33. The number of fused-ring (bicyclic) bond motifs is 2. The number of carbonyl (C=O) groups is 2. The van der Waals surface area contributed by atoms with Gasteiger partial charge in [0.25, 0.3) is 5.78 Å². The Morgan fingerprint density at radius 1 is 1.07 bits per heavy atom. The molecule has 1 fully saturated rings. The minimum absolute atomic E-state index is 0.0513. The second kappa shape index (κ2) is 11.2. The summed E-state index contributed by atoms with van der Waals surface area (Å²) in [5.41, 5.74) is 3.68. The van der Waals surface area contributed by atoms with E-state index in [-0.39, 0.29) is 17.0 Å². The molecule has 8 nitrogen and oxygen atoms in total. The third-order valence-corrected chi connectivity index (χ3v) is 8.74. The summed E-state index contributed by atoms with van der Waals surface area (Å²) in [4.78, 5) is 38.2. The molecule has 10 heteroatoms. The Balaban J connectivity index is 1.53. The first-order valence-corrected chi connectivity index (χ1v) is 15.0. The predicted octanol–water partition coefficient (Wildman–Crippen LogP) is 7.41. The number of ketones is 1. The number of imidazole rings is 1. The number of aliphatic hydroxyl groups is 1. The molecule has 4 heterocycles. The fourth-order valence-corrected chi connectivity index (χ4v) is 6.59. The maximum atomic E-state index is 13.8. The smallest absolute Gasteiger partial charge is 0.301 e. The molecule has 0 bridgehead atoms. The summed E-state index contributed by atoms with van der Waals surface area (Å²) >= 11 is 7.47. The summed E-state index contributed by atoms with van der Waals surface area (Å²) in [6.07, 6.45) is 4.90. The molecule has 1 amide bonds. The summed E-state index contributed by atoms with van der Waals surface area (Å²) < 4.78 is 8.64. The van der Waals surface area contributed by atoms with Gasteiger partial charge in [-0.05, 0) is 67.8 Å². The lowest BCUT2D eigenvalue weighted by molar-refractivity contribution is -0.132. The lowest BCUT2D eigenvalue weighted by Gasteiger charge is -2.23. The van der Waals surface area contributed by atoms with Crippen molar-refractivity contribution < 1.29 is 19.4 Å². The Kier molecular flexibility index (Phi) is 7.47. The summed E-state index contributed by atoms with van der Waals surface area (Å²) in [6, 6.07) is 15.4. The van der Waals surface area contributed by atoms with Crippen LogP contribution in [0, 0.1) is 13.8 Å². The van der Waals surface area contributed by atoms with E-state index in [1.54, 1.807) is 18.2 Å². The molecule has 1 unspecified atom stereocenters. The van der Waals surface area contributed by atoms with E-state index in [0.29, 0.717) is 44.9 Å². The number of aromatic nitrogens is 3. The van der Waals surface area contributed by atoms with Crippen LogP contribution in [0.4, 0.5) is 5.13 Å². The minimum Gasteiger partial charge on any atom is -0.505 e. The highest BCUT2D eigenvalue weighted by atomic mass is 35.5. The van der Waals surface area contributed by atoms with Crippen LogP contribution in [0.15, 0.2) is 66.4 Å². The highest BCUT2D eigenvalue weighted by Crippen LogP contribution is 2.45. The molecular formula is C32H29ClN4O4S. The van der Waals surface area contributed by atoms with Crippen LogP contribution >= 0.6 is 22.9 Å². The van der Waals surface area contributed by atoms with Crippen molar-refractivity contribution in [3.8, 4) is 5.75 Å². The van der Waals surface area contributed by atoms with E-state index < -0.39 is 17.7 Å². The molecule has 1 atom stereocenters. The van der Waals surface area contributed by atoms with Crippen molar-refractivity contribution in [2.75, 3.05) is 11.5 Å². The topological polar surface area (TPSA) is 97.0 Å². The van der Waals surface area contributed by atoms with Gasteiger partial charge in [-0.15, -0.1) is 0 Å². The number of Topliss-reactive ketones (excluding diaryl/α,β-unsaturated/α-hetero) is 1. The van der Waals surface area contributed by atoms with Crippen LogP contribution in [0.2, 0.25) is 5.02 Å². The first-order chi connectivity index (χ1) is 20.3. The van der Waals surface area contributed by atoms with Crippen LogP contribution < -0.4 is 9.64 Å². The number of hydrogen-bond acceptors (Lipinski definition) is 7. The van der Waals surface area contributed by atoms with Gasteiger partial charge in [0, 0.05) is 11.2 Å². The van der Waals surface area contributed by atoms with Crippen molar-refractivity contribution in [2.45, 2.75) is 46.1 Å². The molecule has 0 saturated carbocycles. The van der Waals surface area contributed by atoms with E-state index in [1.807, 2.05) is 60.8 Å². The van der Waals surface area contributed by atoms with Gasteiger partial charge in [0.1, 0.15) is 17.1 Å². The Morgan fingerprint density at radius 2 is 1.90 bits per heavy atom. The van der Waals surface area contributed by atoms with Crippen molar-refractivity contribution >= 4 is 61.4 Å². The number of aliphatic hydroxyl groups excluding tert-OH is 1. The van der Waals surface area contributed by atoms with Crippen molar-refractivity contribution in [1.82, 2.24) is 14.4 Å². The van der Waals surface area contributed by atoms with Gasteiger partial charge < -0.3 is 14.2 Å². The second-order valence-electron chi connectivity index (χ2n) is 10.3. The molecule has 214 valence electrons. The Hall–Kier alpha value is -4.21. The largest absolute Gasteiger partial charge is 0.505 e. The number of anilines is 1. The van der Waals surface area contributed by atoms with Crippen molar-refractivity contribution in [3.63, 3.8) is 0 Å². The number of benzene rings is 2. The normalized spacial score (nSPS) is 16.7. The van der Waals surface area contributed by atoms with Crippen LogP contribution in [0.5, 0.6) is 5.75 Å². The van der Waals surface area contributed by atoms with E-state index in [0.717, 1.165) is 29.5 Å². The average Bonchev–Trinajstić information content (AvgIpc) is 3.63. The molecular weight excluding hydrogens is 572 g/mol. The monoisotopic (exact) mass is 600 g/mol. The molecule has 0 radical (unpaired) electrons. The number of carbonyl (C=O) groups excluding carboxylic acids is 2. The number of aryl methyl sites for hydroxylation is 2. The van der Waals surface area contributed by atoms with Gasteiger partial charge in [0.15, 0.2) is 10.9 Å². The van der Waals surface area contributed by atoms with Crippen LogP contribution in [-0.4, -0.2) is 37.8 Å². The molecule has 1 aliphatic heterocycles. The molecule has 1 aliphatic rings. The van der Waals surface area contributed by atoms with E-state index in [2.05, 4.69) is 16.9 Å². The number of pyridine rings is 1. The average molecular weight is 601 g/mol. The Morgan fingerprint density at radius 3 is 2.69 bits per heavy atom. The standard InChI is InChI=1S/C32H29ClN4O4S/c1-4-5-6-15-41-22-11-7-10-20(16-22)27-25(28(38)26-19(3)36-14-8-9-18(2)30(36)35-26)29(39)31(40)37(27)32-34-23-13-12-21(33)17-24(23)42-32/h7-14,16-17,27,38H,4-6,15H2,1-3H3/b28-25+. The molecule has 3 aromatic heterocycles. The van der Waals surface area contributed by atoms with Crippen molar-refractivity contribution in [3.05, 3.63) is 93.9 Å². The third kappa shape index (κ3) is 4.82. The summed E-state index contributed by atoms with van der Waals surface area (Å²) in [7, 11) is 0. The minimum atomic E-state index is -0.953. The molecule has 6 rings (SSSR count). The van der Waals surface area contributed by atoms with Gasteiger partial charge in [0.05, 0.1) is 34.1 Å². The lowest BCUT2D eigenvalue weighted by atomic mass is 9.96. The zero-order chi connectivity index (χ0) is 29.5. The molecule has 1 N–H and O–H groups in total. The zero-order valence-corrected chi connectivity index (χ0v) is 25.0. The van der Waals surface area contributed by atoms with Gasteiger partial charge in [0.2, 0.25) is 0 Å². The molecule has 42 heavy (non-hydrogen) atoms. The zero-order valence-electron chi connectivity index (χ0n) is 23.4. The second-order valence-corrected chi connectivity index (χ2v) is 11.8. The van der Waals surface area contributed by atoms with Gasteiger partial charge in [-0.25, -0.2) is 9.97 Å².